The van der Waals surface area contributed by atoms with E-state index in [1.165, 1.54) is 6.07 Å². The number of nitro benzene ring substituents is 1. The molecule has 6 nitrogen and oxygen atoms in total. The van der Waals surface area contributed by atoms with E-state index in [9.17, 15) is 14.9 Å². The van der Waals surface area contributed by atoms with Crippen LogP contribution in [0, 0.1) is 10.1 Å². The molecule has 6 heteroatoms. The van der Waals surface area contributed by atoms with E-state index < -0.39 is 4.92 Å². The minimum atomic E-state index is -0.412. The van der Waals surface area contributed by atoms with Crippen LogP contribution in [0.25, 0.3) is 0 Å². The maximum atomic E-state index is 12.0. The molecule has 0 saturated carbocycles. The summed E-state index contributed by atoms with van der Waals surface area (Å²) in [5, 5.41) is 10.7. The number of amides is 1. The van der Waals surface area contributed by atoms with E-state index in [1.54, 1.807) is 17.0 Å². The lowest BCUT2D eigenvalue weighted by molar-refractivity contribution is -0.384. The van der Waals surface area contributed by atoms with Gasteiger partial charge in [-0.15, -0.1) is 0 Å². The zero-order valence-corrected chi connectivity index (χ0v) is 14.4. The number of hydrogen-bond donors (Lipinski definition) is 0. The van der Waals surface area contributed by atoms with Gasteiger partial charge in [-0.05, 0) is 32.1 Å². The molecule has 1 aliphatic rings. The summed E-state index contributed by atoms with van der Waals surface area (Å²) in [5.41, 5.74) is 1.75. The molecule has 2 rings (SSSR count). The summed E-state index contributed by atoms with van der Waals surface area (Å²) in [6.07, 6.45) is 0.677. The van der Waals surface area contributed by atoms with Gasteiger partial charge in [0.25, 0.3) is 5.69 Å². The summed E-state index contributed by atoms with van der Waals surface area (Å²) in [4.78, 5) is 25.8. The molecule has 1 amide bonds. The smallest absolute Gasteiger partial charge is 0.269 e. The van der Waals surface area contributed by atoms with Gasteiger partial charge in [0.15, 0.2) is 0 Å². The number of benzene rings is 1. The number of likely N-dealkylation sites (N-methyl/N-ethyl adjacent to an activating group) is 1. The van der Waals surface area contributed by atoms with Crippen LogP contribution < -0.4 is 4.90 Å². The minimum absolute atomic E-state index is 0.0209. The van der Waals surface area contributed by atoms with E-state index in [-0.39, 0.29) is 11.6 Å². The van der Waals surface area contributed by atoms with Gasteiger partial charge in [0.05, 0.1) is 11.5 Å². The van der Waals surface area contributed by atoms with E-state index >= 15 is 0 Å². The maximum Gasteiger partial charge on any atom is 0.269 e. The highest BCUT2D eigenvalue weighted by Crippen LogP contribution is 2.31. The number of nitrogens with zero attached hydrogens (tertiary/aromatic N) is 3. The normalized spacial score (nSPS) is 11.9. The summed E-state index contributed by atoms with van der Waals surface area (Å²) in [6.45, 7) is 8.94. The van der Waals surface area contributed by atoms with E-state index in [4.69, 9.17) is 0 Å². The third-order valence-corrected chi connectivity index (χ3v) is 2.92. The Morgan fingerprint density at radius 3 is 2.36 bits per heavy atom. The summed E-state index contributed by atoms with van der Waals surface area (Å²) in [7, 11) is 3.68. The van der Waals surface area contributed by atoms with Crippen LogP contribution in [-0.4, -0.2) is 42.9 Å². The summed E-state index contributed by atoms with van der Waals surface area (Å²) in [6, 6.07) is 4.66. The first-order valence-corrected chi connectivity index (χ1v) is 7.71. The predicted octanol–water partition coefficient (Wildman–Crippen LogP) is 3.10. The second kappa shape index (κ2) is 9.89. The highest BCUT2D eigenvalue weighted by atomic mass is 16.6. The highest BCUT2D eigenvalue weighted by molar-refractivity contribution is 5.96. The van der Waals surface area contributed by atoms with Crippen molar-refractivity contribution in [3.8, 4) is 0 Å². The number of rotatable bonds is 3. The van der Waals surface area contributed by atoms with Crippen LogP contribution >= 0.6 is 0 Å². The Balaban J connectivity index is 0.00000102. The molecular weight excluding hydrogens is 282 g/mol. The van der Waals surface area contributed by atoms with Crippen molar-refractivity contribution in [3.05, 3.63) is 33.9 Å². The molecule has 0 saturated heterocycles. The molecule has 0 spiro atoms. The second-order valence-electron chi connectivity index (χ2n) is 4.60. The van der Waals surface area contributed by atoms with Crippen LogP contribution in [0.2, 0.25) is 0 Å². The zero-order chi connectivity index (χ0) is 17.3. The van der Waals surface area contributed by atoms with Crippen molar-refractivity contribution in [1.82, 2.24) is 4.90 Å². The molecule has 1 aromatic carbocycles. The Morgan fingerprint density at radius 1 is 1.27 bits per heavy atom. The van der Waals surface area contributed by atoms with Crippen LogP contribution in [0.1, 0.15) is 33.3 Å². The van der Waals surface area contributed by atoms with Crippen molar-refractivity contribution in [2.75, 3.05) is 32.1 Å². The average molecular weight is 309 g/mol. The van der Waals surface area contributed by atoms with Gasteiger partial charge < -0.3 is 9.80 Å². The summed E-state index contributed by atoms with van der Waals surface area (Å²) < 4.78 is 0. The SMILES string of the molecule is CC.CC.CN(C)CC(=O)N1CCc2cc([N+](=O)[O-])ccc21. The number of carbonyl (C=O) groups excluding carboxylic acids is 1. The van der Waals surface area contributed by atoms with Gasteiger partial charge in [0.1, 0.15) is 0 Å². The first-order valence-electron chi connectivity index (χ1n) is 7.71. The molecular formula is C16H27N3O3. The van der Waals surface area contributed by atoms with Crippen LogP contribution in [0.3, 0.4) is 0 Å². The fourth-order valence-electron chi connectivity index (χ4n) is 2.12. The highest BCUT2D eigenvalue weighted by Gasteiger charge is 2.26. The van der Waals surface area contributed by atoms with Crippen LogP contribution in [0.4, 0.5) is 11.4 Å². The van der Waals surface area contributed by atoms with Gasteiger partial charge in [-0.1, -0.05) is 27.7 Å². The standard InChI is InChI=1S/C12H15N3O3.2C2H6/c1-13(2)8-12(16)14-6-5-9-7-10(15(17)18)3-4-11(9)14;2*1-2/h3-4,7H,5-6,8H2,1-2H3;2*1-2H3. The number of anilines is 1. The van der Waals surface area contributed by atoms with Gasteiger partial charge in [0, 0.05) is 24.4 Å². The Bertz CT molecular complexity index is 501. The molecule has 1 aliphatic heterocycles. The largest absolute Gasteiger partial charge is 0.311 e. The number of fused-ring (bicyclic) bond motifs is 1. The lowest BCUT2D eigenvalue weighted by atomic mass is 10.1. The molecule has 0 aliphatic carbocycles. The molecule has 0 fully saturated rings. The Labute approximate surface area is 132 Å². The number of carbonyl (C=O) groups is 1. The lowest BCUT2D eigenvalue weighted by Crippen LogP contribution is -2.36. The number of non-ortho nitro benzene ring substituents is 1. The number of hydrogen-bond acceptors (Lipinski definition) is 4. The molecule has 1 aromatic rings. The molecule has 0 bridgehead atoms. The van der Waals surface area contributed by atoms with Crippen LogP contribution in [0.15, 0.2) is 18.2 Å². The van der Waals surface area contributed by atoms with Crippen molar-refractivity contribution >= 4 is 17.3 Å². The van der Waals surface area contributed by atoms with Crippen molar-refractivity contribution in [2.45, 2.75) is 34.1 Å². The van der Waals surface area contributed by atoms with Crippen molar-refractivity contribution in [2.24, 2.45) is 0 Å². The van der Waals surface area contributed by atoms with Crippen LogP contribution in [-0.2, 0) is 11.2 Å². The molecule has 0 atom stereocenters. The molecule has 0 N–H and O–H groups in total. The van der Waals surface area contributed by atoms with Crippen molar-refractivity contribution in [1.29, 1.82) is 0 Å². The average Bonchev–Trinajstić information content (AvgIpc) is 2.93. The molecule has 124 valence electrons. The summed E-state index contributed by atoms with van der Waals surface area (Å²) >= 11 is 0. The van der Waals surface area contributed by atoms with E-state index in [0.717, 1.165) is 11.3 Å². The van der Waals surface area contributed by atoms with Crippen LogP contribution in [0.5, 0.6) is 0 Å². The molecule has 0 unspecified atom stereocenters. The topological polar surface area (TPSA) is 66.7 Å². The van der Waals surface area contributed by atoms with Crippen molar-refractivity contribution in [3.63, 3.8) is 0 Å². The maximum absolute atomic E-state index is 12.0. The predicted molar refractivity (Wildman–Crippen MR) is 90.4 cm³/mol. The Kier molecular flexibility index (Phi) is 9.01. The van der Waals surface area contributed by atoms with E-state index in [1.807, 2.05) is 46.7 Å². The van der Waals surface area contributed by atoms with Gasteiger partial charge in [-0.3, -0.25) is 14.9 Å². The first-order chi connectivity index (χ1) is 10.5. The molecule has 22 heavy (non-hydrogen) atoms. The Hall–Kier alpha value is -1.95. The van der Waals surface area contributed by atoms with E-state index in [0.29, 0.717) is 19.5 Å². The van der Waals surface area contributed by atoms with Crippen molar-refractivity contribution < 1.29 is 9.72 Å². The van der Waals surface area contributed by atoms with Gasteiger partial charge in [-0.2, -0.15) is 0 Å². The fraction of sp³-hybridized carbons (Fsp3) is 0.562. The molecule has 0 radical (unpaired) electrons. The quantitative estimate of drug-likeness (QED) is 0.635. The van der Waals surface area contributed by atoms with Gasteiger partial charge >= 0.3 is 0 Å². The third-order valence-electron chi connectivity index (χ3n) is 2.92. The lowest BCUT2D eigenvalue weighted by Gasteiger charge is -2.19. The van der Waals surface area contributed by atoms with Gasteiger partial charge in [0.2, 0.25) is 5.91 Å². The zero-order valence-electron chi connectivity index (χ0n) is 14.4. The number of nitro groups is 1. The summed E-state index contributed by atoms with van der Waals surface area (Å²) in [5.74, 6) is 0.0209. The van der Waals surface area contributed by atoms with E-state index in [2.05, 4.69) is 0 Å². The minimum Gasteiger partial charge on any atom is -0.311 e. The third kappa shape index (κ3) is 5.11. The Morgan fingerprint density at radius 2 is 1.86 bits per heavy atom. The monoisotopic (exact) mass is 309 g/mol. The molecule has 0 aromatic heterocycles. The second-order valence-corrected chi connectivity index (χ2v) is 4.60. The van der Waals surface area contributed by atoms with Gasteiger partial charge in [-0.25, -0.2) is 0 Å². The fourth-order valence-corrected chi connectivity index (χ4v) is 2.12. The first kappa shape index (κ1) is 20.1. The molecule has 1 heterocycles.